The van der Waals surface area contributed by atoms with Gasteiger partial charge in [-0.1, -0.05) is 0 Å². The standard InChI is InChI=1S/C22H24N6O4/c1-10-7-12(32-11(10)2)5-6-14-26-19(23-3)15-20(27-14)28(9-25-15)16-13-8-22(13,21(31)24-4)18(30)17(16)29/h7,9,13,16-18,29-30H,8H2,1-4H3,(H,24,31)(H,23,26,27)/t13-,16?,17?,18?,22?/m1/s1. The van der Waals surface area contributed by atoms with Gasteiger partial charge < -0.3 is 29.8 Å². The van der Waals surface area contributed by atoms with Crippen LogP contribution in [0, 0.1) is 37.0 Å². The van der Waals surface area contributed by atoms with Crippen LogP contribution in [0.5, 0.6) is 0 Å². The molecule has 10 nitrogen and oxygen atoms in total. The Morgan fingerprint density at radius 2 is 2.06 bits per heavy atom. The van der Waals surface area contributed by atoms with Crippen LogP contribution in [0.4, 0.5) is 5.82 Å². The summed E-state index contributed by atoms with van der Waals surface area (Å²) >= 11 is 0. The minimum absolute atomic E-state index is 0.221. The first-order valence-corrected chi connectivity index (χ1v) is 10.4. The Labute approximate surface area is 184 Å². The highest BCUT2D eigenvalue weighted by atomic mass is 16.3. The maximum absolute atomic E-state index is 12.4. The van der Waals surface area contributed by atoms with Crippen LogP contribution in [0.2, 0.25) is 0 Å². The average molecular weight is 436 g/mol. The zero-order valence-electron chi connectivity index (χ0n) is 18.2. The predicted octanol–water partition coefficient (Wildman–Crippen LogP) is 0.506. The minimum atomic E-state index is -1.16. The van der Waals surface area contributed by atoms with Gasteiger partial charge in [-0.05, 0) is 43.7 Å². The van der Waals surface area contributed by atoms with Crippen LogP contribution in [-0.4, -0.2) is 61.9 Å². The lowest BCUT2D eigenvalue weighted by molar-refractivity contribution is -0.132. The summed E-state index contributed by atoms with van der Waals surface area (Å²) in [5.41, 5.74) is 1.02. The van der Waals surface area contributed by atoms with Crippen molar-refractivity contribution in [1.82, 2.24) is 24.8 Å². The molecule has 0 spiro atoms. The maximum atomic E-state index is 12.4. The van der Waals surface area contributed by atoms with E-state index in [1.54, 1.807) is 17.9 Å². The van der Waals surface area contributed by atoms with Gasteiger partial charge in [0, 0.05) is 20.0 Å². The number of hydrogen-bond acceptors (Lipinski definition) is 8. The highest BCUT2D eigenvalue weighted by Crippen LogP contribution is 2.67. The summed E-state index contributed by atoms with van der Waals surface area (Å²) in [6.07, 6.45) is -0.233. The summed E-state index contributed by atoms with van der Waals surface area (Å²) < 4.78 is 7.32. The molecular weight excluding hydrogens is 412 g/mol. The first kappa shape index (κ1) is 20.5. The fourth-order valence-electron chi connectivity index (χ4n) is 4.90. The number of aliphatic hydroxyl groups excluding tert-OH is 2. The monoisotopic (exact) mass is 436 g/mol. The zero-order valence-corrected chi connectivity index (χ0v) is 18.2. The minimum Gasteiger partial charge on any atom is -0.453 e. The van der Waals surface area contributed by atoms with E-state index in [2.05, 4.69) is 37.4 Å². The van der Waals surface area contributed by atoms with Crippen LogP contribution in [-0.2, 0) is 4.79 Å². The Kier molecular flexibility index (Phi) is 4.51. The number of nitrogens with one attached hydrogen (secondary N) is 2. The second-order valence-corrected chi connectivity index (χ2v) is 8.43. The molecule has 166 valence electrons. The van der Waals surface area contributed by atoms with Gasteiger partial charge in [-0.25, -0.2) is 15.0 Å². The number of imidazole rings is 1. The summed E-state index contributed by atoms with van der Waals surface area (Å²) in [6, 6.07) is 1.31. The molecule has 2 saturated carbocycles. The van der Waals surface area contributed by atoms with E-state index in [9.17, 15) is 15.0 Å². The zero-order chi connectivity index (χ0) is 22.8. The first-order valence-electron chi connectivity index (χ1n) is 10.4. The molecule has 5 atom stereocenters. The Hall–Kier alpha value is -3.42. The molecule has 2 aliphatic rings. The number of nitrogens with zero attached hydrogens (tertiary/aromatic N) is 4. The Morgan fingerprint density at radius 3 is 2.72 bits per heavy atom. The molecule has 2 fully saturated rings. The highest BCUT2D eigenvalue weighted by molar-refractivity contribution is 5.88. The Bertz CT molecular complexity index is 1280. The van der Waals surface area contributed by atoms with Gasteiger partial charge in [-0.2, -0.15) is 0 Å². The van der Waals surface area contributed by atoms with E-state index in [1.165, 1.54) is 7.05 Å². The van der Waals surface area contributed by atoms with Crippen LogP contribution in [0.1, 0.15) is 35.4 Å². The van der Waals surface area contributed by atoms with Crippen molar-refractivity contribution in [1.29, 1.82) is 0 Å². The number of carbonyl (C=O) groups excluding carboxylic acids is 1. The van der Waals surface area contributed by atoms with E-state index in [0.29, 0.717) is 29.2 Å². The van der Waals surface area contributed by atoms with Gasteiger partial charge in [0.1, 0.15) is 11.9 Å². The van der Waals surface area contributed by atoms with Crippen molar-refractivity contribution in [2.75, 3.05) is 19.4 Å². The summed E-state index contributed by atoms with van der Waals surface area (Å²) in [4.78, 5) is 25.9. The molecule has 0 bridgehead atoms. The second kappa shape index (κ2) is 7.05. The molecule has 5 rings (SSSR count). The molecule has 4 N–H and O–H groups in total. The van der Waals surface area contributed by atoms with Crippen molar-refractivity contribution in [3.63, 3.8) is 0 Å². The number of rotatable bonds is 3. The van der Waals surface area contributed by atoms with Gasteiger partial charge in [0.15, 0.2) is 22.7 Å². The van der Waals surface area contributed by atoms with Gasteiger partial charge in [0.25, 0.3) is 0 Å². The molecule has 0 aliphatic heterocycles. The third-order valence-corrected chi connectivity index (χ3v) is 6.77. The number of hydrogen-bond donors (Lipinski definition) is 4. The SMILES string of the molecule is CNC(=O)C12C[C@@H]1C(n1cnc3c(NC)nc(C#Cc4cc(C)c(C)o4)nc31)C(O)C2O. The van der Waals surface area contributed by atoms with Gasteiger partial charge in [-0.15, -0.1) is 0 Å². The number of amides is 1. The van der Waals surface area contributed by atoms with E-state index >= 15 is 0 Å². The van der Waals surface area contributed by atoms with Crippen molar-refractivity contribution < 1.29 is 19.4 Å². The topological polar surface area (TPSA) is 138 Å². The molecule has 10 heteroatoms. The second-order valence-electron chi connectivity index (χ2n) is 8.43. The van der Waals surface area contributed by atoms with E-state index < -0.39 is 23.7 Å². The molecule has 2 aliphatic carbocycles. The molecule has 4 unspecified atom stereocenters. The highest BCUT2D eigenvalue weighted by Gasteiger charge is 2.75. The Balaban J connectivity index is 1.57. The third kappa shape index (κ3) is 2.75. The number of fused-ring (bicyclic) bond motifs is 2. The van der Waals surface area contributed by atoms with Crippen molar-refractivity contribution in [2.45, 2.75) is 38.5 Å². The molecule has 3 aromatic heterocycles. The lowest BCUT2D eigenvalue weighted by Crippen LogP contribution is -2.41. The van der Waals surface area contributed by atoms with Crippen LogP contribution in [0.3, 0.4) is 0 Å². The van der Waals surface area contributed by atoms with Crippen LogP contribution < -0.4 is 10.6 Å². The third-order valence-electron chi connectivity index (χ3n) is 6.77. The fourth-order valence-corrected chi connectivity index (χ4v) is 4.90. The molecule has 32 heavy (non-hydrogen) atoms. The van der Waals surface area contributed by atoms with Crippen molar-refractivity contribution in [2.24, 2.45) is 11.3 Å². The van der Waals surface area contributed by atoms with E-state index in [-0.39, 0.29) is 17.6 Å². The van der Waals surface area contributed by atoms with Crippen LogP contribution in [0.15, 0.2) is 16.8 Å². The van der Waals surface area contributed by atoms with Crippen molar-refractivity contribution in [3.8, 4) is 11.8 Å². The number of anilines is 1. The van der Waals surface area contributed by atoms with Crippen LogP contribution in [0.25, 0.3) is 11.2 Å². The molecule has 0 aromatic carbocycles. The van der Waals surface area contributed by atoms with Crippen LogP contribution >= 0.6 is 0 Å². The van der Waals surface area contributed by atoms with Gasteiger partial charge in [0.05, 0.1) is 23.9 Å². The smallest absolute Gasteiger partial charge is 0.229 e. The molecule has 3 heterocycles. The summed E-state index contributed by atoms with van der Waals surface area (Å²) in [5, 5.41) is 27.1. The molecule has 0 saturated heterocycles. The molecule has 1 amide bonds. The number of aryl methyl sites for hydroxylation is 2. The largest absolute Gasteiger partial charge is 0.453 e. The first-order chi connectivity index (χ1) is 15.3. The van der Waals surface area contributed by atoms with E-state index in [0.717, 1.165) is 11.3 Å². The van der Waals surface area contributed by atoms with E-state index in [1.807, 2.05) is 19.9 Å². The number of furan rings is 1. The Morgan fingerprint density at radius 1 is 1.28 bits per heavy atom. The predicted molar refractivity (Wildman–Crippen MR) is 115 cm³/mol. The van der Waals surface area contributed by atoms with Crippen molar-refractivity contribution >= 4 is 22.9 Å². The maximum Gasteiger partial charge on any atom is 0.229 e. The van der Waals surface area contributed by atoms with Gasteiger partial charge >= 0.3 is 0 Å². The lowest BCUT2D eigenvalue weighted by Gasteiger charge is -2.23. The quantitative estimate of drug-likeness (QED) is 0.436. The van der Waals surface area contributed by atoms with Crippen molar-refractivity contribution in [3.05, 3.63) is 35.3 Å². The summed E-state index contributed by atoms with van der Waals surface area (Å²) in [7, 11) is 3.26. The fraction of sp³-hybridized carbons (Fsp3) is 0.455. The number of aliphatic hydroxyl groups is 2. The molecule has 3 aromatic rings. The molecule has 0 radical (unpaired) electrons. The molecular formula is C22H24N6O4. The summed E-state index contributed by atoms with van der Waals surface area (Å²) in [6.45, 7) is 3.82. The van der Waals surface area contributed by atoms with Gasteiger partial charge in [-0.3, -0.25) is 4.79 Å². The number of aromatic nitrogens is 4. The summed E-state index contributed by atoms with van der Waals surface area (Å²) in [5.74, 6) is 7.46. The normalized spacial score (nSPS) is 28.2. The van der Waals surface area contributed by atoms with E-state index in [4.69, 9.17) is 4.42 Å². The number of carbonyl (C=O) groups is 1. The average Bonchev–Trinajstić information content (AvgIpc) is 3.15. The van der Waals surface area contributed by atoms with Gasteiger partial charge in [0.2, 0.25) is 11.7 Å². The lowest BCUT2D eigenvalue weighted by atomic mass is 9.98.